The van der Waals surface area contributed by atoms with E-state index in [0.29, 0.717) is 6.61 Å². The van der Waals surface area contributed by atoms with E-state index in [9.17, 15) is 4.79 Å². The fourth-order valence-electron chi connectivity index (χ4n) is 1.85. The normalized spacial score (nSPS) is 14.3. The second-order valence-corrected chi connectivity index (χ2v) is 3.65. The molecule has 0 fully saturated rings. The lowest BCUT2D eigenvalue weighted by Crippen LogP contribution is -2.27. The standard InChI is InChI=1S/C11H15N3O2/c1-2-16-11(15)5-9-8-3-4-12-6-10(8)14-7-13-9/h7,12H,2-6H2,1H3. The molecule has 0 aliphatic carbocycles. The summed E-state index contributed by atoms with van der Waals surface area (Å²) in [6.07, 6.45) is 2.64. The van der Waals surface area contributed by atoms with Crippen LogP contribution in [0.2, 0.25) is 0 Å². The van der Waals surface area contributed by atoms with Crippen LogP contribution in [0.4, 0.5) is 0 Å². The predicted molar refractivity (Wildman–Crippen MR) is 57.8 cm³/mol. The summed E-state index contributed by atoms with van der Waals surface area (Å²) in [4.78, 5) is 19.8. The van der Waals surface area contributed by atoms with Gasteiger partial charge in [0.05, 0.1) is 24.4 Å². The maximum Gasteiger partial charge on any atom is 0.311 e. The number of fused-ring (bicyclic) bond motifs is 1. The number of rotatable bonds is 3. The third-order valence-corrected chi connectivity index (χ3v) is 2.59. The summed E-state index contributed by atoms with van der Waals surface area (Å²) in [5.41, 5.74) is 2.92. The molecule has 16 heavy (non-hydrogen) atoms. The molecule has 1 aromatic heterocycles. The third-order valence-electron chi connectivity index (χ3n) is 2.59. The molecule has 0 atom stereocenters. The van der Waals surface area contributed by atoms with Gasteiger partial charge in [0.25, 0.3) is 0 Å². The van der Waals surface area contributed by atoms with E-state index in [2.05, 4.69) is 15.3 Å². The lowest BCUT2D eigenvalue weighted by atomic mass is 10.0. The smallest absolute Gasteiger partial charge is 0.311 e. The Labute approximate surface area is 94.2 Å². The maximum absolute atomic E-state index is 11.4. The molecule has 0 aromatic carbocycles. The Hall–Kier alpha value is -1.49. The quantitative estimate of drug-likeness (QED) is 0.740. The molecule has 0 saturated carbocycles. The van der Waals surface area contributed by atoms with Crippen LogP contribution < -0.4 is 5.32 Å². The minimum Gasteiger partial charge on any atom is -0.466 e. The summed E-state index contributed by atoms with van der Waals surface area (Å²) in [5.74, 6) is -0.220. The second kappa shape index (κ2) is 5.03. The fourth-order valence-corrected chi connectivity index (χ4v) is 1.85. The van der Waals surface area contributed by atoms with Crippen molar-refractivity contribution in [3.05, 3.63) is 23.3 Å². The molecule has 0 spiro atoms. The number of carbonyl (C=O) groups is 1. The maximum atomic E-state index is 11.4. The van der Waals surface area contributed by atoms with Gasteiger partial charge in [0.1, 0.15) is 6.33 Å². The van der Waals surface area contributed by atoms with Gasteiger partial charge in [-0.2, -0.15) is 0 Å². The molecule has 5 nitrogen and oxygen atoms in total. The van der Waals surface area contributed by atoms with E-state index >= 15 is 0 Å². The monoisotopic (exact) mass is 221 g/mol. The van der Waals surface area contributed by atoms with Crippen molar-refractivity contribution in [3.8, 4) is 0 Å². The topological polar surface area (TPSA) is 64.1 Å². The van der Waals surface area contributed by atoms with E-state index in [-0.39, 0.29) is 12.4 Å². The average Bonchev–Trinajstić information content (AvgIpc) is 2.30. The number of esters is 1. The summed E-state index contributed by atoms with van der Waals surface area (Å²) in [6.45, 7) is 3.88. The zero-order valence-corrected chi connectivity index (χ0v) is 9.32. The van der Waals surface area contributed by atoms with Gasteiger partial charge >= 0.3 is 5.97 Å². The van der Waals surface area contributed by atoms with Crippen molar-refractivity contribution in [1.82, 2.24) is 15.3 Å². The molecule has 0 bridgehead atoms. The molecule has 1 N–H and O–H groups in total. The minimum atomic E-state index is -0.220. The van der Waals surface area contributed by atoms with Crippen molar-refractivity contribution in [1.29, 1.82) is 0 Å². The number of hydrogen-bond donors (Lipinski definition) is 1. The molecule has 1 aliphatic rings. The van der Waals surface area contributed by atoms with Crippen molar-refractivity contribution in [2.24, 2.45) is 0 Å². The van der Waals surface area contributed by atoms with E-state index in [1.807, 2.05) is 0 Å². The Morgan fingerprint density at radius 1 is 1.56 bits per heavy atom. The predicted octanol–water partition coefficient (Wildman–Crippen LogP) is 0.228. The number of carbonyl (C=O) groups excluding carboxylic acids is 1. The highest BCUT2D eigenvalue weighted by molar-refractivity contribution is 5.72. The minimum absolute atomic E-state index is 0.220. The molecule has 1 aromatic rings. The van der Waals surface area contributed by atoms with Crippen LogP contribution in [-0.4, -0.2) is 29.1 Å². The Morgan fingerprint density at radius 2 is 2.44 bits per heavy atom. The van der Waals surface area contributed by atoms with Crippen LogP contribution in [0.25, 0.3) is 0 Å². The fraction of sp³-hybridized carbons (Fsp3) is 0.545. The molecule has 0 unspecified atom stereocenters. The van der Waals surface area contributed by atoms with E-state index in [0.717, 1.165) is 36.5 Å². The zero-order valence-electron chi connectivity index (χ0n) is 9.32. The zero-order chi connectivity index (χ0) is 11.4. The molecule has 5 heteroatoms. The first-order valence-corrected chi connectivity index (χ1v) is 5.49. The molecular formula is C11H15N3O2. The van der Waals surface area contributed by atoms with E-state index in [4.69, 9.17) is 4.74 Å². The van der Waals surface area contributed by atoms with Crippen LogP contribution >= 0.6 is 0 Å². The van der Waals surface area contributed by atoms with Crippen LogP contribution in [0.3, 0.4) is 0 Å². The van der Waals surface area contributed by atoms with Gasteiger partial charge in [0.2, 0.25) is 0 Å². The van der Waals surface area contributed by atoms with E-state index < -0.39 is 0 Å². The van der Waals surface area contributed by atoms with Crippen LogP contribution in [0.5, 0.6) is 0 Å². The molecular weight excluding hydrogens is 206 g/mol. The van der Waals surface area contributed by atoms with Crippen molar-refractivity contribution >= 4 is 5.97 Å². The molecule has 2 heterocycles. The SMILES string of the molecule is CCOC(=O)Cc1ncnc2c1CCNC2. The number of hydrogen-bond acceptors (Lipinski definition) is 5. The molecule has 0 saturated heterocycles. The van der Waals surface area contributed by atoms with Crippen molar-refractivity contribution < 1.29 is 9.53 Å². The number of aromatic nitrogens is 2. The Bertz CT molecular complexity index is 393. The van der Waals surface area contributed by atoms with Gasteiger partial charge in [-0.05, 0) is 25.5 Å². The van der Waals surface area contributed by atoms with Crippen LogP contribution in [0.15, 0.2) is 6.33 Å². The number of nitrogens with zero attached hydrogens (tertiary/aromatic N) is 2. The lowest BCUT2D eigenvalue weighted by Gasteiger charge is -2.17. The average molecular weight is 221 g/mol. The summed E-state index contributed by atoms with van der Waals surface area (Å²) in [7, 11) is 0. The van der Waals surface area contributed by atoms with Gasteiger partial charge in [-0.15, -0.1) is 0 Å². The Morgan fingerprint density at radius 3 is 3.25 bits per heavy atom. The summed E-state index contributed by atoms with van der Waals surface area (Å²) in [5, 5.41) is 3.24. The largest absolute Gasteiger partial charge is 0.466 e. The van der Waals surface area contributed by atoms with Gasteiger partial charge in [-0.3, -0.25) is 4.79 Å². The highest BCUT2D eigenvalue weighted by Crippen LogP contribution is 2.14. The number of ether oxygens (including phenoxy) is 1. The third kappa shape index (κ3) is 2.36. The molecule has 0 radical (unpaired) electrons. The summed E-state index contributed by atoms with van der Waals surface area (Å²) < 4.78 is 4.92. The molecule has 86 valence electrons. The molecule has 2 rings (SSSR count). The number of nitrogens with one attached hydrogen (secondary N) is 1. The summed E-state index contributed by atoms with van der Waals surface area (Å²) in [6, 6.07) is 0. The molecule has 0 amide bonds. The highest BCUT2D eigenvalue weighted by Gasteiger charge is 2.17. The van der Waals surface area contributed by atoms with Gasteiger partial charge in [0, 0.05) is 6.54 Å². The van der Waals surface area contributed by atoms with Crippen LogP contribution in [0, 0.1) is 0 Å². The summed E-state index contributed by atoms with van der Waals surface area (Å²) >= 11 is 0. The first-order chi connectivity index (χ1) is 7.81. The van der Waals surface area contributed by atoms with Gasteiger partial charge in [-0.1, -0.05) is 0 Å². The lowest BCUT2D eigenvalue weighted by molar-refractivity contribution is -0.142. The first-order valence-electron chi connectivity index (χ1n) is 5.49. The van der Waals surface area contributed by atoms with Crippen molar-refractivity contribution in [2.45, 2.75) is 26.3 Å². The van der Waals surface area contributed by atoms with Gasteiger partial charge in [-0.25, -0.2) is 9.97 Å². The van der Waals surface area contributed by atoms with Crippen molar-refractivity contribution in [3.63, 3.8) is 0 Å². The Balaban J connectivity index is 2.17. The Kier molecular flexibility index (Phi) is 3.46. The highest BCUT2D eigenvalue weighted by atomic mass is 16.5. The second-order valence-electron chi connectivity index (χ2n) is 3.65. The van der Waals surface area contributed by atoms with E-state index in [1.54, 1.807) is 6.92 Å². The molecule has 1 aliphatic heterocycles. The van der Waals surface area contributed by atoms with E-state index in [1.165, 1.54) is 6.33 Å². The first kappa shape index (κ1) is 11.0. The van der Waals surface area contributed by atoms with Crippen LogP contribution in [0.1, 0.15) is 23.9 Å². The van der Waals surface area contributed by atoms with Gasteiger partial charge < -0.3 is 10.1 Å². The van der Waals surface area contributed by atoms with Crippen LogP contribution in [-0.2, 0) is 28.9 Å². The van der Waals surface area contributed by atoms with Gasteiger partial charge in [0.15, 0.2) is 0 Å². The van der Waals surface area contributed by atoms with Crippen molar-refractivity contribution in [2.75, 3.05) is 13.2 Å².